The minimum atomic E-state index is 0.518. The van der Waals surface area contributed by atoms with Crippen molar-refractivity contribution in [3.8, 4) is 5.75 Å². The second kappa shape index (κ2) is 4.66. The molecule has 0 aliphatic heterocycles. The highest BCUT2D eigenvalue weighted by molar-refractivity contribution is 5.39. The zero-order chi connectivity index (χ0) is 11.4. The van der Waals surface area contributed by atoms with Crippen LogP contribution in [0.5, 0.6) is 5.75 Å². The predicted molar refractivity (Wildman–Crippen MR) is 64.2 cm³/mol. The van der Waals surface area contributed by atoms with Crippen LogP contribution in [0.3, 0.4) is 0 Å². The van der Waals surface area contributed by atoms with Crippen LogP contribution in [0.1, 0.15) is 11.1 Å². The molecule has 0 aliphatic rings. The number of rotatable bonds is 3. The molecule has 2 rings (SSSR count). The molecule has 0 saturated heterocycles. The summed E-state index contributed by atoms with van der Waals surface area (Å²) in [6.07, 6.45) is 1.66. The van der Waals surface area contributed by atoms with Crippen LogP contribution in [-0.4, -0.2) is 4.98 Å². The third kappa shape index (κ3) is 2.51. The molecule has 2 N–H and O–H groups in total. The van der Waals surface area contributed by atoms with Crippen molar-refractivity contribution in [2.24, 2.45) is 0 Å². The number of ether oxygens (including phenoxy) is 1. The number of aryl methyl sites for hydroxylation is 1. The summed E-state index contributed by atoms with van der Waals surface area (Å²) in [5.41, 5.74) is 7.71. The van der Waals surface area contributed by atoms with E-state index in [4.69, 9.17) is 10.5 Å². The second-order valence-electron chi connectivity index (χ2n) is 3.65. The lowest BCUT2D eigenvalue weighted by molar-refractivity contribution is 0.303. The fraction of sp³-hybridized carbons (Fsp3) is 0.154. The first-order valence-corrected chi connectivity index (χ1v) is 5.14. The van der Waals surface area contributed by atoms with Gasteiger partial charge in [0, 0.05) is 0 Å². The van der Waals surface area contributed by atoms with Crippen molar-refractivity contribution in [2.45, 2.75) is 13.5 Å². The van der Waals surface area contributed by atoms with Crippen LogP contribution < -0.4 is 10.5 Å². The summed E-state index contributed by atoms with van der Waals surface area (Å²) in [4.78, 5) is 4.01. The first kappa shape index (κ1) is 10.5. The molecule has 0 radical (unpaired) electrons. The highest BCUT2D eigenvalue weighted by Gasteiger charge is 2.01. The fourth-order valence-electron chi connectivity index (χ4n) is 1.45. The summed E-state index contributed by atoms with van der Waals surface area (Å²) in [5, 5.41) is 0. The molecule has 0 spiro atoms. The topological polar surface area (TPSA) is 48.1 Å². The van der Waals surface area contributed by atoms with Crippen LogP contribution in [0, 0.1) is 6.92 Å². The highest BCUT2D eigenvalue weighted by Crippen LogP contribution is 2.18. The zero-order valence-electron chi connectivity index (χ0n) is 9.18. The van der Waals surface area contributed by atoms with Gasteiger partial charge in [-0.15, -0.1) is 0 Å². The SMILES string of the molecule is Cc1cc(N)ncc1OCc1ccccc1. The van der Waals surface area contributed by atoms with E-state index in [1.54, 1.807) is 12.3 Å². The maximum atomic E-state index is 5.66. The molecular weight excluding hydrogens is 200 g/mol. The smallest absolute Gasteiger partial charge is 0.141 e. The van der Waals surface area contributed by atoms with Crippen molar-refractivity contribution >= 4 is 5.82 Å². The van der Waals surface area contributed by atoms with E-state index in [0.717, 1.165) is 16.9 Å². The van der Waals surface area contributed by atoms with E-state index >= 15 is 0 Å². The summed E-state index contributed by atoms with van der Waals surface area (Å²) in [6.45, 7) is 2.51. The summed E-state index contributed by atoms with van der Waals surface area (Å²) in [6, 6.07) is 11.8. The largest absolute Gasteiger partial charge is 0.487 e. The summed E-state index contributed by atoms with van der Waals surface area (Å²) in [7, 11) is 0. The minimum absolute atomic E-state index is 0.518. The van der Waals surface area contributed by atoms with Crippen LogP contribution in [-0.2, 0) is 6.61 Å². The van der Waals surface area contributed by atoms with Gasteiger partial charge in [-0.2, -0.15) is 0 Å². The van der Waals surface area contributed by atoms with Crippen molar-refractivity contribution in [1.29, 1.82) is 0 Å². The van der Waals surface area contributed by atoms with Gasteiger partial charge in [-0.05, 0) is 24.1 Å². The van der Waals surface area contributed by atoms with Crippen LogP contribution in [0.15, 0.2) is 42.6 Å². The Kier molecular flexibility index (Phi) is 3.05. The lowest BCUT2D eigenvalue weighted by Crippen LogP contribution is -1.99. The Bertz CT molecular complexity index is 469. The van der Waals surface area contributed by atoms with Gasteiger partial charge in [0.25, 0.3) is 0 Å². The number of hydrogen-bond donors (Lipinski definition) is 1. The standard InChI is InChI=1S/C13H14N2O/c1-10-7-13(14)15-8-12(10)16-9-11-5-3-2-4-6-11/h2-8H,9H2,1H3,(H2,14,15). The Morgan fingerprint density at radius 3 is 2.69 bits per heavy atom. The maximum absolute atomic E-state index is 5.66. The lowest BCUT2D eigenvalue weighted by atomic mass is 10.2. The van der Waals surface area contributed by atoms with Crippen LogP contribution >= 0.6 is 0 Å². The second-order valence-corrected chi connectivity index (χ2v) is 3.65. The lowest BCUT2D eigenvalue weighted by Gasteiger charge is -2.08. The van der Waals surface area contributed by atoms with Gasteiger partial charge in [-0.25, -0.2) is 4.98 Å². The van der Waals surface area contributed by atoms with E-state index in [-0.39, 0.29) is 0 Å². The van der Waals surface area contributed by atoms with Crippen LogP contribution in [0.4, 0.5) is 5.82 Å². The molecule has 3 nitrogen and oxygen atoms in total. The average Bonchev–Trinajstić information content (AvgIpc) is 2.29. The van der Waals surface area contributed by atoms with E-state index in [2.05, 4.69) is 4.98 Å². The van der Waals surface area contributed by atoms with Gasteiger partial charge in [0.05, 0.1) is 6.20 Å². The molecule has 0 fully saturated rings. The van der Waals surface area contributed by atoms with E-state index in [1.165, 1.54) is 0 Å². The van der Waals surface area contributed by atoms with Gasteiger partial charge in [0.1, 0.15) is 18.2 Å². The number of aromatic nitrogens is 1. The third-order valence-electron chi connectivity index (χ3n) is 2.32. The Hall–Kier alpha value is -2.03. The van der Waals surface area contributed by atoms with Gasteiger partial charge in [0.2, 0.25) is 0 Å². The Morgan fingerprint density at radius 2 is 2.00 bits per heavy atom. The van der Waals surface area contributed by atoms with Gasteiger partial charge >= 0.3 is 0 Å². The molecule has 16 heavy (non-hydrogen) atoms. The number of pyridine rings is 1. The number of nitrogen functional groups attached to an aromatic ring is 1. The van der Waals surface area contributed by atoms with E-state index < -0.39 is 0 Å². The Morgan fingerprint density at radius 1 is 1.25 bits per heavy atom. The van der Waals surface area contributed by atoms with Gasteiger partial charge < -0.3 is 10.5 Å². The predicted octanol–water partition coefficient (Wildman–Crippen LogP) is 2.55. The van der Waals surface area contributed by atoms with Crippen LogP contribution in [0.25, 0.3) is 0 Å². The Balaban J connectivity index is 2.05. The molecule has 0 aliphatic carbocycles. The molecule has 3 heteroatoms. The Labute approximate surface area is 94.9 Å². The van der Waals surface area contributed by atoms with Gasteiger partial charge in [-0.1, -0.05) is 30.3 Å². The molecule has 1 aromatic carbocycles. The number of nitrogens with zero attached hydrogens (tertiary/aromatic N) is 1. The number of benzene rings is 1. The highest BCUT2D eigenvalue weighted by atomic mass is 16.5. The summed E-state index contributed by atoms with van der Waals surface area (Å²) < 4.78 is 5.66. The minimum Gasteiger partial charge on any atom is -0.487 e. The normalized spacial score (nSPS) is 10.1. The molecule has 0 saturated carbocycles. The monoisotopic (exact) mass is 214 g/mol. The van der Waals surface area contributed by atoms with E-state index in [1.807, 2.05) is 37.3 Å². The van der Waals surface area contributed by atoms with E-state index in [9.17, 15) is 0 Å². The number of nitrogens with two attached hydrogens (primary N) is 1. The third-order valence-corrected chi connectivity index (χ3v) is 2.32. The van der Waals surface area contributed by atoms with Gasteiger partial charge in [0.15, 0.2) is 0 Å². The molecule has 2 aromatic rings. The molecule has 1 heterocycles. The molecule has 0 unspecified atom stereocenters. The molecular formula is C13H14N2O. The first-order chi connectivity index (χ1) is 7.75. The van der Waals surface area contributed by atoms with Crippen molar-refractivity contribution < 1.29 is 4.74 Å². The molecule has 0 bridgehead atoms. The first-order valence-electron chi connectivity index (χ1n) is 5.14. The maximum Gasteiger partial charge on any atom is 0.141 e. The average molecular weight is 214 g/mol. The summed E-state index contributed by atoms with van der Waals surface area (Å²) in [5.74, 6) is 1.29. The van der Waals surface area contributed by atoms with Crippen molar-refractivity contribution in [2.75, 3.05) is 5.73 Å². The quantitative estimate of drug-likeness (QED) is 0.854. The van der Waals surface area contributed by atoms with Crippen molar-refractivity contribution in [1.82, 2.24) is 4.98 Å². The molecule has 0 amide bonds. The molecule has 0 atom stereocenters. The molecule has 1 aromatic heterocycles. The summed E-state index contributed by atoms with van der Waals surface area (Å²) >= 11 is 0. The number of anilines is 1. The molecule has 82 valence electrons. The zero-order valence-corrected chi connectivity index (χ0v) is 9.18. The van der Waals surface area contributed by atoms with E-state index in [0.29, 0.717) is 12.4 Å². The van der Waals surface area contributed by atoms with Gasteiger partial charge in [-0.3, -0.25) is 0 Å². The van der Waals surface area contributed by atoms with Crippen molar-refractivity contribution in [3.05, 3.63) is 53.7 Å². The number of hydrogen-bond acceptors (Lipinski definition) is 3. The van der Waals surface area contributed by atoms with Crippen molar-refractivity contribution in [3.63, 3.8) is 0 Å². The fourth-order valence-corrected chi connectivity index (χ4v) is 1.45. The van der Waals surface area contributed by atoms with Crippen LogP contribution in [0.2, 0.25) is 0 Å².